The van der Waals surface area contributed by atoms with Crippen LogP contribution in [0.25, 0.3) is 0 Å². The van der Waals surface area contributed by atoms with Crippen molar-refractivity contribution in [1.29, 1.82) is 0 Å². The lowest BCUT2D eigenvalue weighted by molar-refractivity contribution is 0.00578. The number of piperidine rings is 1. The third-order valence-electron chi connectivity index (χ3n) is 7.96. The molecule has 7 nitrogen and oxygen atoms in total. The van der Waals surface area contributed by atoms with Crippen molar-refractivity contribution in [2.75, 3.05) is 26.2 Å². The van der Waals surface area contributed by atoms with Crippen LogP contribution in [0.2, 0.25) is 0 Å². The van der Waals surface area contributed by atoms with Gasteiger partial charge in [0.1, 0.15) is 11.4 Å². The average Bonchev–Trinajstić information content (AvgIpc) is 3.24. The van der Waals surface area contributed by atoms with Crippen LogP contribution in [0.1, 0.15) is 78.1 Å². The SMILES string of the molecule is CC(C)(C)OC(=O)N1CCC2(CCN(C(=O)c3ccc(B4OC(C)(C)C(C)(C)O4)c(F)c3)CC2)C1. The number of halogens is 1. The first-order valence-corrected chi connectivity index (χ1v) is 12.5. The van der Waals surface area contributed by atoms with Crippen molar-refractivity contribution in [2.24, 2.45) is 5.41 Å². The van der Waals surface area contributed by atoms with E-state index in [1.54, 1.807) is 21.9 Å². The fourth-order valence-corrected chi connectivity index (χ4v) is 5.01. The van der Waals surface area contributed by atoms with Crippen LogP contribution in [0.5, 0.6) is 0 Å². The van der Waals surface area contributed by atoms with Crippen molar-refractivity contribution in [2.45, 2.75) is 84.5 Å². The molecule has 0 aromatic heterocycles. The van der Waals surface area contributed by atoms with E-state index in [9.17, 15) is 9.59 Å². The fourth-order valence-electron chi connectivity index (χ4n) is 5.01. The molecule has 0 bridgehead atoms. The van der Waals surface area contributed by atoms with Gasteiger partial charge in [-0.25, -0.2) is 9.18 Å². The molecule has 3 aliphatic heterocycles. The van der Waals surface area contributed by atoms with Gasteiger partial charge in [-0.2, -0.15) is 0 Å². The number of hydrogen-bond donors (Lipinski definition) is 0. The third kappa shape index (κ3) is 5.21. The predicted octanol–water partition coefficient (Wildman–Crippen LogP) is 3.99. The van der Waals surface area contributed by atoms with Gasteiger partial charge in [-0.3, -0.25) is 4.79 Å². The summed E-state index contributed by atoms with van der Waals surface area (Å²) in [6, 6.07) is 4.52. The molecule has 3 aliphatic rings. The van der Waals surface area contributed by atoms with Crippen LogP contribution < -0.4 is 5.46 Å². The van der Waals surface area contributed by atoms with E-state index < -0.39 is 29.7 Å². The molecule has 0 N–H and O–H groups in total. The van der Waals surface area contributed by atoms with Gasteiger partial charge >= 0.3 is 13.2 Å². The lowest BCUT2D eigenvalue weighted by atomic mass is 9.77. The highest BCUT2D eigenvalue weighted by molar-refractivity contribution is 6.62. The van der Waals surface area contributed by atoms with Gasteiger partial charge in [0.25, 0.3) is 5.91 Å². The van der Waals surface area contributed by atoms with E-state index in [2.05, 4.69) is 0 Å². The standard InChI is InChI=1S/C26H38BFN2O5/c1-23(2,3)33-22(32)30-15-12-26(17-30)10-13-29(14-11-26)21(31)18-8-9-19(20(28)16-18)27-34-24(4,5)25(6,7)35-27/h8-9,16H,10-15,17H2,1-7H3. The second-order valence-electron chi connectivity index (χ2n) is 12.3. The van der Waals surface area contributed by atoms with Crippen LogP contribution >= 0.6 is 0 Å². The summed E-state index contributed by atoms with van der Waals surface area (Å²) < 4.78 is 32.5. The summed E-state index contributed by atoms with van der Waals surface area (Å²) in [6.45, 7) is 15.8. The van der Waals surface area contributed by atoms with Crippen molar-refractivity contribution >= 4 is 24.6 Å². The Balaban J connectivity index is 1.36. The van der Waals surface area contributed by atoms with Crippen molar-refractivity contribution in [3.63, 3.8) is 0 Å². The quantitative estimate of drug-likeness (QED) is 0.589. The molecule has 35 heavy (non-hydrogen) atoms. The molecular formula is C26H38BFN2O5. The zero-order valence-electron chi connectivity index (χ0n) is 22.1. The minimum absolute atomic E-state index is 0.0134. The second kappa shape index (κ2) is 8.77. The van der Waals surface area contributed by atoms with E-state index in [0.717, 1.165) is 19.3 Å². The van der Waals surface area contributed by atoms with Gasteiger partial charge in [0, 0.05) is 37.2 Å². The number of carbonyl (C=O) groups excluding carboxylic acids is 2. The lowest BCUT2D eigenvalue weighted by Crippen LogP contribution is -2.45. The van der Waals surface area contributed by atoms with E-state index in [-0.39, 0.29) is 17.4 Å². The van der Waals surface area contributed by atoms with Crippen LogP contribution in [0.4, 0.5) is 9.18 Å². The van der Waals surface area contributed by atoms with Gasteiger partial charge in [-0.05, 0) is 85.3 Å². The van der Waals surface area contributed by atoms with Crippen molar-refractivity contribution in [1.82, 2.24) is 9.80 Å². The van der Waals surface area contributed by atoms with Crippen molar-refractivity contribution < 1.29 is 28.0 Å². The number of nitrogens with zero attached hydrogens (tertiary/aromatic N) is 2. The topological polar surface area (TPSA) is 68.3 Å². The molecule has 3 saturated heterocycles. The molecule has 3 fully saturated rings. The number of hydrogen-bond acceptors (Lipinski definition) is 5. The normalized spacial score (nSPS) is 23.1. The molecule has 1 aromatic carbocycles. The molecule has 0 saturated carbocycles. The monoisotopic (exact) mass is 488 g/mol. The largest absolute Gasteiger partial charge is 0.497 e. The molecule has 192 valence electrons. The molecule has 4 rings (SSSR count). The fraction of sp³-hybridized carbons (Fsp3) is 0.692. The second-order valence-corrected chi connectivity index (χ2v) is 12.3. The van der Waals surface area contributed by atoms with E-state index in [1.165, 1.54) is 6.07 Å². The molecule has 0 radical (unpaired) electrons. The minimum Gasteiger partial charge on any atom is -0.444 e. The maximum atomic E-state index is 15.0. The maximum Gasteiger partial charge on any atom is 0.497 e. The molecular weight excluding hydrogens is 450 g/mol. The van der Waals surface area contributed by atoms with Gasteiger partial charge < -0.3 is 23.8 Å². The van der Waals surface area contributed by atoms with Gasteiger partial charge in [-0.15, -0.1) is 0 Å². The van der Waals surface area contributed by atoms with E-state index >= 15 is 4.39 Å². The van der Waals surface area contributed by atoms with Gasteiger partial charge in [-0.1, -0.05) is 6.07 Å². The van der Waals surface area contributed by atoms with Crippen LogP contribution in [-0.4, -0.2) is 71.9 Å². The van der Waals surface area contributed by atoms with Crippen LogP contribution in [-0.2, 0) is 14.0 Å². The molecule has 1 spiro atoms. The summed E-state index contributed by atoms with van der Waals surface area (Å²) in [5, 5.41) is 0. The molecule has 3 heterocycles. The molecule has 2 amide bonds. The van der Waals surface area contributed by atoms with Gasteiger partial charge in [0.05, 0.1) is 11.2 Å². The van der Waals surface area contributed by atoms with Crippen molar-refractivity contribution in [3.8, 4) is 0 Å². The first-order chi connectivity index (χ1) is 16.1. The maximum absolute atomic E-state index is 15.0. The number of likely N-dealkylation sites (tertiary alicyclic amines) is 2. The summed E-state index contributed by atoms with van der Waals surface area (Å²) in [5.74, 6) is -0.687. The molecule has 9 heteroatoms. The Bertz CT molecular complexity index is 982. The zero-order chi connectivity index (χ0) is 25.8. The Morgan fingerprint density at radius 2 is 1.51 bits per heavy atom. The average molecular weight is 488 g/mol. The summed E-state index contributed by atoms with van der Waals surface area (Å²) >= 11 is 0. The minimum atomic E-state index is -0.811. The number of benzene rings is 1. The highest BCUT2D eigenvalue weighted by Gasteiger charge is 2.52. The van der Waals surface area contributed by atoms with E-state index in [0.29, 0.717) is 37.2 Å². The Hall–Kier alpha value is -2.13. The smallest absolute Gasteiger partial charge is 0.444 e. The van der Waals surface area contributed by atoms with E-state index in [1.807, 2.05) is 48.5 Å². The molecule has 0 unspecified atom stereocenters. The van der Waals surface area contributed by atoms with Gasteiger partial charge in [0.2, 0.25) is 0 Å². The Morgan fingerprint density at radius 1 is 0.971 bits per heavy atom. The Labute approximate surface area is 208 Å². The first kappa shape index (κ1) is 26.0. The predicted molar refractivity (Wildman–Crippen MR) is 132 cm³/mol. The highest BCUT2D eigenvalue weighted by atomic mass is 19.1. The lowest BCUT2D eigenvalue weighted by Gasteiger charge is -2.39. The summed E-state index contributed by atoms with van der Waals surface area (Å²) in [7, 11) is -0.811. The van der Waals surface area contributed by atoms with E-state index in [4.69, 9.17) is 14.0 Å². The highest BCUT2D eigenvalue weighted by Crippen LogP contribution is 2.41. The summed E-state index contributed by atoms with van der Waals surface area (Å²) in [4.78, 5) is 29.2. The molecule has 0 aliphatic carbocycles. The molecule has 0 atom stereocenters. The zero-order valence-corrected chi connectivity index (χ0v) is 22.1. The summed E-state index contributed by atoms with van der Waals surface area (Å²) in [6.07, 6.45) is 2.26. The third-order valence-corrected chi connectivity index (χ3v) is 7.96. The van der Waals surface area contributed by atoms with Crippen LogP contribution in [0.3, 0.4) is 0 Å². The molecule has 1 aromatic rings. The number of amides is 2. The number of ether oxygens (including phenoxy) is 1. The number of carbonyl (C=O) groups is 2. The Kier molecular flexibility index (Phi) is 6.50. The number of rotatable bonds is 2. The van der Waals surface area contributed by atoms with Crippen LogP contribution in [0, 0.1) is 11.2 Å². The van der Waals surface area contributed by atoms with Gasteiger partial charge in [0.15, 0.2) is 0 Å². The summed E-state index contributed by atoms with van der Waals surface area (Å²) in [5.41, 5.74) is -1.02. The van der Waals surface area contributed by atoms with Crippen molar-refractivity contribution in [3.05, 3.63) is 29.6 Å². The first-order valence-electron chi connectivity index (χ1n) is 12.5. The van der Waals surface area contributed by atoms with Crippen LogP contribution in [0.15, 0.2) is 18.2 Å². The Morgan fingerprint density at radius 3 is 2.03 bits per heavy atom.